The number of aliphatic carboxylic acids is 1. The van der Waals surface area contributed by atoms with Crippen molar-refractivity contribution in [3.8, 4) is 0 Å². The van der Waals surface area contributed by atoms with E-state index in [9.17, 15) is 4.79 Å². The Morgan fingerprint density at radius 3 is 2.81 bits per heavy atom. The Kier molecular flexibility index (Phi) is 3.19. The zero-order valence-electron chi connectivity index (χ0n) is 9.15. The lowest BCUT2D eigenvalue weighted by Gasteiger charge is -2.37. The van der Waals surface area contributed by atoms with Gasteiger partial charge in [-0.15, -0.1) is 0 Å². The number of aromatic nitrogens is 1. The quantitative estimate of drug-likeness (QED) is 0.788. The third kappa shape index (κ3) is 2.22. The predicted octanol–water partition coefficient (Wildman–Crippen LogP) is 1.43. The molecule has 1 saturated carbocycles. The highest BCUT2D eigenvalue weighted by molar-refractivity contribution is 5.76. The first-order chi connectivity index (χ1) is 7.73. The lowest BCUT2D eigenvalue weighted by atomic mass is 9.69. The van der Waals surface area contributed by atoms with Crippen molar-refractivity contribution < 1.29 is 9.90 Å². The molecule has 0 aliphatic heterocycles. The van der Waals surface area contributed by atoms with Crippen LogP contribution < -0.4 is 5.32 Å². The minimum absolute atomic E-state index is 0.519. The van der Waals surface area contributed by atoms with E-state index in [0.29, 0.717) is 13.1 Å². The average Bonchev–Trinajstić information content (AvgIpc) is 2.23. The number of hydrogen-bond acceptors (Lipinski definition) is 3. The molecule has 0 bridgehead atoms. The maximum absolute atomic E-state index is 11.1. The summed E-state index contributed by atoms with van der Waals surface area (Å²) in [6.45, 7) is 1.18. The molecular weight excluding hydrogens is 204 g/mol. The number of carboxylic acids is 1. The van der Waals surface area contributed by atoms with Gasteiger partial charge in [0.1, 0.15) is 0 Å². The van der Waals surface area contributed by atoms with Gasteiger partial charge in [0.2, 0.25) is 0 Å². The fraction of sp³-hybridized carbons (Fsp3) is 0.500. The van der Waals surface area contributed by atoms with Crippen LogP contribution in [0.5, 0.6) is 0 Å². The molecule has 4 nitrogen and oxygen atoms in total. The Hall–Kier alpha value is -1.42. The van der Waals surface area contributed by atoms with Gasteiger partial charge in [-0.25, -0.2) is 0 Å². The van der Waals surface area contributed by atoms with Gasteiger partial charge in [-0.3, -0.25) is 9.78 Å². The summed E-state index contributed by atoms with van der Waals surface area (Å²) in [5, 5.41) is 12.3. The normalized spacial score (nSPS) is 17.8. The van der Waals surface area contributed by atoms with Crippen molar-refractivity contribution in [1.82, 2.24) is 10.3 Å². The lowest BCUT2D eigenvalue weighted by Crippen LogP contribution is -2.46. The summed E-state index contributed by atoms with van der Waals surface area (Å²) in [6.07, 6.45) is 4.35. The molecule has 86 valence electrons. The first-order valence-electron chi connectivity index (χ1n) is 5.57. The summed E-state index contributed by atoms with van der Waals surface area (Å²) >= 11 is 0. The molecule has 1 fully saturated rings. The summed E-state index contributed by atoms with van der Waals surface area (Å²) in [4.78, 5) is 15.3. The zero-order valence-corrected chi connectivity index (χ0v) is 9.15. The van der Waals surface area contributed by atoms with Gasteiger partial charge in [-0.2, -0.15) is 0 Å². The standard InChI is InChI=1S/C12H16N2O2/c15-11(16)12(5-3-6-12)9-13-8-10-4-1-2-7-14-10/h1-2,4,7,13H,3,5-6,8-9H2,(H,15,16). The molecule has 2 N–H and O–H groups in total. The van der Waals surface area contributed by atoms with Crippen LogP contribution in [0.3, 0.4) is 0 Å². The molecule has 1 aromatic heterocycles. The van der Waals surface area contributed by atoms with Crippen molar-refractivity contribution >= 4 is 5.97 Å². The van der Waals surface area contributed by atoms with Crippen molar-refractivity contribution in [3.63, 3.8) is 0 Å². The van der Waals surface area contributed by atoms with E-state index in [1.54, 1.807) is 6.20 Å². The van der Waals surface area contributed by atoms with Gasteiger partial charge in [0.25, 0.3) is 0 Å². The molecule has 0 radical (unpaired) electrons. The van der Waals surface area contributed by atoms with Crippen molar-refractivity contribution in [2.75, 3.05) is 6.54 Å². The minimum Gasteiger partial charge on any atom is -0.481 e. The van der Waals surface area contributed by atoms with Gasteiger partial charge < -0.3 is 10.4 Å². The first-order valence-corrected chi connectivity index (χ1v) is 5.57. The van der Waals surface area contributed by atoms with Gasteiger partial charge in [-0.1, -0.05) is 12.5 Å². The SMILES string of the molecule is O=C(O)C1(CNCc2ccccn2)CCC1. The largest absolute Gasteiger partial charge is 0.481 e. The van der Waals surface area contributed by atoms with Gasteiger partial charge >= 0.3 is 5.97 Å². The molecule has 0 saturated heterocycles. The number of hydrogen-bond donors (Lipinski definition) is 2. The summed E-state index contributed by atoms with van der Waals surface area (Å²) in [5.41, 5.74) is 0.428. The van der Waals surface area contributed by atoms with Gasteiger partial charge in [0.05, 0.1) is 11.1 Å². The molecule has 0 amide bonds. The van der Waals surface area contributed by atoms with Gasteiger partial charge in [0, 0.05) is 19.3 Å². The summed E-state index contributed by atoms with van der Waals surface area (Å²) in [6, 6.07) is 5.73. The molecule has 1 aliphatic carbocycles. The number of nitrogens with zero attached hydrogens (tertiary/aromatic N) is 1. The van der Waals surface area contributed by atoms with E-state index < -0.39 is 11.4 Å². The van der Waals surface area contributed by atoms with Gasteiger partial charge in [0.15, 0.2) is 0 Å². The lowest BCUT2D eigenvalue weighted by molar-refractivity contribution is -0.154. The smallest absolute Gasteiger partial charge is 0.310 e. The van der Waals surface area contributed by atoms with Crippen molar-refractivity contribution in [3.05, 3.63) is 30.1 Å². The number of nitrogens with one attached hydrogen (secondary N) is 1. The number of carbonyl (C=O) groups is 1. The molecular formula is C12H16N2O2. The van der Waals surface area contributed by atoms with Crippen LogP contribution in [0.2, 0.25) is 0 Å². The molecule has 2 rings (SSSR count). The van der Waals surface area contributed by atoms with Crippen LogP contribution >= 0.6 is 0 Å². The fourth-order valence-electron chi connectivity index (χ4n) is 2.00. The number of rotatable bonds is 5. The Balaban J connectivity index is 1.82. The number of carboxylic acid groups (broad SMARTS) is 1. The third-order valence-corrected chi connectivity index (χ3v) is 3.26. The van der Waals surface area contributed by atoms with Crippen LogP contribution in [0.1, 0.15) is 25.0 Å². The second kappa shape index (κ2) is 4.61. The first kappa shape index (κ1) is 11.1. The van der Waals surface area contributed by atoms with Crippen LogP contribution in [0, 0.1) is 5.41 Å². The monoisotopic (exact) mass is 220 g/mol. The van der Waals surface area contributed by atoms with E-state index in [2.05, 4.69) is 10.3 Å². The topological polar surface area (TPSA) is 62.2 Å². The third-order valence-electron chi connectivity index (χ3n) is 3.26. The van der Waals surface area contributed by atoms with E-state index in [-0.39, 0.29) is 0 Å². The molecule has 0 unspecified atom stereocenters. The van der Waals surface area contributed by atoms with Crippen LogP contribution in [0.15, 0.2) is 24.4 Å². The van der Waals surface area contributed by atoms with E-state index in [4.69, 9.17) is 5.11 Å². The maximum atomic E-state index is 11.1. The fourth-order valence-corrected chi connectivity index (χ4v) is 2.00. The molecule has 1 heterocycles. The molecule has 1 aromatic rings. The number of pyridine rings is 1. The Bertz CT molecular complexity index is 361. The Labute approximate surface area is 94.7 Å². The molecule has 16 heavy (non-hydrogen) atoms. The van der Waals surface area contributed by atoms with Crippen LogP contribution in [0.25, 0.3) is 0 Å². The molecule has 0 aromatic carbocycles. The highest BCUT2D eigenvalue weighted by atomic mass is 16.4. The van der Waals surface area contributed by atoms with Gasteiger partial charge in [-0.05, 0) is 25.0 Å². The second-order valence-electron chi connectivity index (χ2n) is 4.36. The van der Waals surface area contributed by atoms with E-state index in [0.717, 1.165) is 25.0 Å². The Morgan fingerprint density at radius 1 is 1.50 bits per heavy atom. The molecule has 4 heteroatoms. The van der Waals surface area contributed by atoms with E-state index >= 15 is 0 Å². The predicted molar refractivity (Wildman–Crippen MR) is 59.9 cm³/mol. The van der Waals surface area contributed by atoms with Crippen LogP contribution in [-0.2, 0) is 11.3 Å². The van der Waals surface area contributed by atoms with Crippen LogP contribution in [-0.4, -0.2) is 22.6 Å². The average molecular weight is 220 g/mol. The zero-order chi connectivity index (χ0) is 11.4. The van der Waals surface area contributed by atoms with E-state index in [1.165, 1.54) is 0 Å². The maximum Gasteiger partial charge on any atom is 0.310 e. The molecule has 1 aliphatic rings. The van der Waals surface area contributed by atoms with Crippen molar-refractivity contribution in [1.29, 1.82) is 0 Å². The van der Waals surface area contributed by atoms with E-state index in [1.807, 2.05) is 18.2 Å². The molecule has 0 atom stereocenters. The summed E-state index contributed by atoms with van der Waals surface area (Å²) < 4.78 is 0. The summed E-state index contributed by atoms with van der Waals surface area (Å²) in [5.74, 6) is -0.674. The molecule has 0 spiro atoms. The Morgan fingerprint density at radius 2 is 2.31 bits per heavy atom. The van der Waals surface area contributed by atoms with Crippen LogP contribution in [0.4, 0.5) is 0 Å². The second-order valence-corrected chi connectivity index (χ2v) is 4.36. The summed E-state index contributed by atoms with van der Waals surface area (Å²) in [7, 11) is 0. The van der Waals surface area contributed by atoms with Crippen molar-refractivity contribution in [2.24, 2.45) is 5.41 Å². The highest BCUT2D eigenvalue weighted by Crippen LogP contribution is 2.40. The minimum atomic E-state index is -0.674. The van der Waals surface area contributed by atoms with Crippen molar-refractivity contribution in [2.45, 2.75) is 25.8 Å². The highest BCUT2D eigenvalue weighted by Gasteiger charge is 2.43.